The molecule has 1 aliphatic carbocycles. The summed E-state index contributed by atoms with van der Waals surface area (Å²) in [6.07, 6.45) is 10.00. The van der Waals surface area contributed by atoms with Gasteiger partial charge in [0, 0.05) is 13.2 Å². The van der Waals surface area contributed by atoms with Crippen molar-refractivity contribution in [2.75, 3.05) is 13.7 Å². The summed E-state index contributed by atoms with van der Waals surface area (Å²) in [6.45, 7) is 7.93. The van der Waals surface area contributed by atoms with Crippen molar-refractivity contribution >= 4 is 0 Å². The van der Waals surface area contributed by atoms with Crippen LogP contribution >= 0.6 is 0 Å². The van der Waals surface area contributed by atoms with Crippen LogP contribution in [-0.2, 0) is 4.74 Å². The highest BCUT2D eigenvalue weighted by Crippen LogP contribution is 2.29. The minimum absolute atomic E-state index is 0.361. The summed E-state index contributed by atoms with van der Waals surface area (Å²) in [6, 6.07) is 0.549. The quantitative estimate of drug-likeness (QED) is 0.694. The van der Waals surface area contributed by atoms with Gasteiger partial charge in [-0.2, -0.15) is 0 Å². The minimum Gasteiger partial charge on any atom is -0.380 e. The fourth-order valence-corrected chi connectivity index (χ4v) is 3.37. The molecule has 1 aliphatic rings. The van der Waals surface area contributed by atoms with Crippen molar-refractivity contribution in [2.24, 2.45) is 11.8 Å². The maximum atomic E-state index is 5.80. The fourth-order valence-electron chi connectivity index (χ4n) is 3.37. The summed E-state index contributed by atoms with van der Waals surface area (Å²) in [5.41, 5.74) is 0. The first-order chi connectivity index (χ1) is 8.70. The van der Waals surface area contributed by atoms with Crippen molar-refractivity contribution in [3.63, 3.8) is 0 Å². The lowest BCUT2D eigenvalue weighted by Crippen LogP contribution is -2.48. The largest absolute Gasteiger partial charge is 0.380 e. The molecule has 2 heteroatoms. The highest BCUT2D eigenvalue weighted by Gasteiger charge is 2.31. The van der Waals surface area contributed by atoms with Gasteiger partial charge >= 0.3 is 0 Å². The fraction of sp³-hybridized carbons (Fsp3) is 1.00. The molecular formula is C16H33NO. The molecule has 0 aromatic rings. The monoisotopic (exact) mass is 255 g/mol. The average Bonchev–Trinajstić information content (AvgIpc) is 2.62. The Balaban J connectivity index is 2.67. The van der Waals surface area contributed by atoms with E-state index in [1.54, 1.807) is 0 Å². The number of hydrogen-bond acceptors (Lipinski definition) is 2. The van der Waals surface area contributed by atoms with Crippen LogP contribution < -0.4 is 5.32 Å². The molecule has 0 bridgehead atoms. The molecule has 0 aromatic carbocycles. The van der Waals surface area contributed by atoms with Crippen LogP contribution in [-0.4, -0.2) is 25.8 Å². The molecule has 0 radical (unpaired) electrons. The third-order valence-electron chi connectivity index (χ3n) is 4.32. The molecule has 1 fully saturated rings. The summed E-state index contributed by atoms with van der Waals surface area (Å²) in [5, 5.41) is 3.77. The van der Waals surface area contributed by atoms with Gasteiger partial charge in [-0.15, -0.1) is 0 Å². The number of nitrogens with one attached hydrogen (secondary N) is 1. The SMILES string of the molecule is CCCNC(C1CCCCCC1)C(OC)C(C)C. The van der Waals surface area contributed by atoms with E-state index in [1.807, 2.05) is 7.11 Å². The molecule has 0 saturated heterocycles. The summed E-state index contributed by atoms with van der Waals surface area (Å²) in [5.74, 6) is 1.40. The highest BCUT2D eigenvalue weighted by atomic mass is 16.5. The molecule has 0 amide bonds. The first-order valence-corrected chi connectivity index (χ1v) is 7.96. The molecule has 2 unspecified atom stereocenters. The van der Waals surface area contributed by atoms with Crippen molar-refractivity contribution in [3.05, 3.63) is 0 Å². The maximum Gasteiger partial charge on any atom is 0.0749 e. The van der Waals surface area contributed by atoms with Crippen molar-refractivity contribution < 1.29 is 4.74 Å². The zero-order valence-corrected chi connectivity index (χ0v) is 12.9. The van der Waals surface area contributed by atoms with E-state index in [1.165, 1.54) is 44.9 Å². The van der Waals surface area contributed by atoms with Gasteiger partial charge in [-0.3, -0.25) is 0 Å². The van der Waals surface area contributed by atoms with Gasteiger partial charge in [0.15, 0.2) is 0 Å². The lowest BCUT2D eigenvalue weighted by molar-refractivity contribution is 0.0121. The zero-order chi connectivity index (χ0) is 13.4. The maximum absolute atomic E-state index is 5.80. The molecular weight excluding hydrogens is 222 g/mol. The Labute approximate surface area is 114 Å². The Hall–Kier alpha value is -0.0800. The van der Waals surface area contributed by atoms with Crippen molar-refractivity contribution in [1.29, 1.82) is 0 Å². The lowest BCUT2D eigenvalue weighted by atomic mass is 9.84. The van der Waals surface area contributed by atoms with E-state index in [4.69, 9.17) is 4.74 Å². The third-order valence-corrected chi connectivity index (χ3v) is 4.32. The second-order valence-electron chi connectivity index (χ2n) is 6.18. The van der Waals surface area contributed by atoms with E-state index in [0.717, 1.165) is 12.5 Å². The Morgan fingerprint density at radius 2 is 1.72 bits per heavy atom. The predicted molar refractivity (Wildman–Crippen MR) is 78.9 cm³/mol. The first-order valence-electron chi connectivity index (χ1n) is 7.96. The predicted octanol–water partition coefficient (Wildman–Crippen LogP) is 4.00. The van der Waals surface area contributed by atoms with Crippen molar-refractivity contribution in [1.82, 2.24) is 5.32 Å². The average molecular weight is 255 g/mol. The van der Waals surface area contributed by atoms with Gasteiger partial charge in [-0.05, 0) is 37.6 Å². The molecule has 1 rings (SSSR count). The topological polar surface area (TPSA) is 21.3 Å². The van der Waals surface area contributed by atoms with Gasteiger partial charge in [0.05, 0.1) is 6.10 Å². The van der Waals surface area contributed by atoms with Crippen LogP contribution in [0.25, 0.3) is 0 Å². The van der Waals surface area contributed by atoms with E-state index in [2.05, 4.69) is 26.1 Å². The van der Waals surface area contributed by atoms with Gasteiger partial charge in [-0.1, -0.05) is 46.5 Å². The van der Waals surface area contributed by atoms with Crippen LogP contribution in [0.1, 0.15) is 65.7 Å². The van der Waals surface area contributed by atoms with Gasteiger partial charge in [0.1, 0.15) is 0 Å². The number of methoxy groups -OCH3 is 1. The normalized spacial score (nSPS) is 21.8. The Morgan fingerprint density at radius 3 is 2.17 bits per heavy atom. The molecule has 1 saturated carbocycles. The molecule has 2 atom stereocenters. The third kappa shape index (κ3) is 4.89. The first kappa shape index (κ1) is 16.0. The van der Waals surface area contributed by atoms with Gasteiger partial charge < -0.3 is 10.1 Å². The molecule has 0 spiro atoms. The zero-order valence-electron chi connectivity index (χ0n) is 12.9. The van der Waals surface area contributed by atoms with Gasteiger partial charge in [0.2, 0.25) is 0 Å². The van der Waals surface area contributed by atoms with Crippen LogP contribution in [0.5, 0.6) is 0 Å². The highest BCUT2D eigenvalue weighted by molar-refractivity contribution is 4.86. The lowest BCUT2D eigenvalue weighted by Gasteiger charge is -2.35. The van der Waals surface area contributed by atoms with Crippen LogP contribution in [0.2, 0.25) is 0 Å². The minimum atomic E-state index is 0.361. The summed E-state index contributed by atoms with van der Waals surface area (Å²) < 4.78 is 5.80. The molecule has 0 heterocycles. The number of hydrogen-bond donors (Lipinski definition) is 1. The second-order valence-corrected chi connectivity index (χ2v) is 6.18. The summed E-state index contributed by atoms with van der Waals surface area (Å²) >= 11 is 0. The number of rotatable bonds is 7. The van der Waals surface area contributed by atoms with E-state index < -0.39 is 0 Å². The smallest absolute Gasteiger partial charge is 0.0749 e. The summed E-state index contributed by atoms with van der Waals surface area (Å²) in [7, 11) is 1.88. The van der Waals surface area contributed by atoms with Crippen LogP contribution in [0.15, 0.2) is 0 Å². The molecule has 18 heavy (non-hydrogen) atoms. The van der Waals surface area contributed by atoms with Crippen LogP contribution in [0.3, 0.4) is 0 Å². The molecule has 108 valence electrons. The van der Waals surface area contributed by atoms with E-state index in [-0.39, 0.29) is 0 Å². The van der Waals surface area contributed by atoms with Gasteiger partial charge in [-0.25, -0.2) is 0 Å². The second kappa shape index (κ2) is 8.92. The molecule has 1 N–H and O–H groups in total. The Morgan fingerprint density at radius 1 is 1.11 bits per heavy atom. The number of ether oxygens (including phenoxy) is 1. The Kier molecular flexibility index (Phi) is 7.92. The van der Waals surface area contributed by atoms with Crippen LogP contribution in [0, 0.1) is 11.8 Å². The van der Waals surface area contributed by atoms with E-state index in [0.29, 0.717) is 18.1 Å². The van der Waals surface area contributed by atoms with Crippen molar-refractivity contribution in [3.8, 4) is 0 Å². The van der Waals surface area contributed by atoms with Gasteiger partial charge in [0.25, 0.3) is 0 Å². The summed E-state index contributed by atoms with van der Waals surface area (Å²) in [4.78, 5) is 0. The van der Waals surface area contributed by atoms with E-state index in [9.17, 15) is 0 Å². The molecule has 0 aliphatic heterocycles. The van der Waals surface area contributed by atoms with Crippen molar-refractivity contribution in [2.45, 2.75) is 77.9 Å². The Bertz CT molecular complexity index is 197. The molecule has 0 aromatic heterocycles. The molecule has 2 nitrogen and oxygen atoms in total. The van der Waals surface area contributed by atoms with E-state index >= 15 is 0 Å². The standard InChI is InChI=1S/C16H33NO/c1-5-12-17-15(16(18-4)13(2)3)14-10-8-6-7-9-11-14/h13-17H,5-12H2,1-4H3. The van der Waals surface area contributed by atoms with Crippen LogP contribution in [0.4, 0.5) is 0 Å².